The van der Waals surface area contributed by atoms with Gasteiger partial charge in [-0.25, -0.2) is 9.67 Å². The van der Waals surface area contributed by atoms with Crippen LogP contribution in [0.15, 0.2) is 22.7 Å². The summed E-state index contributed by atoms with van der Waals surface area (Å²) in [6.45, 7) is 4.07. The van der Waals surface area contributed by atoms with Crippen molar-refractivity contribution >= 4 is 15.9 Å². The molecule has 0 saturated heterocycles. The molecule has 1 aromatic heterocycles. The smallest absolute Gasteiger partial charge is 0.151 e. The molecule has 0 aliphatic heterocycles. The maximum atomic E-state index is 9.45. The van der Waals surface area contributed by atoms with Gasteiger partial charge in [-0.15, -0.1) is 0 Å². The first-order valence-electron chi connectivity index (χ1n) is 6.04. The van der Waals surface area contributed by atoms with Gasteiger partial charge in [-0.2, -0.15) is 5.10 Å². The third-order valence-corrected chi connectivity index (χ3v) is 3.28. The molecule has 5 heteroatoms. The summed E-state index contributed by atoms with van der Waals surface area (Å²) in [6.07, 6.45) is 1.62. The van der Waals surface area contributed by atoms with E-state index in [1.165, 1.54) is 0 Å². The number of aromatic nitrogens is 3. The highest BCUT2D eigenvalue weighted by molar-refractivity contribution is 9.10. The number of aliphatic hydroxyl groups excluding tert-OH is 1. The first-order chi connectivity index (χ1) is 8.69. The fraction of sp³-hybridized carbons (Fsp3) is 0.385. The summed E-state index contributed by atoms with van der Waals surface area (Å²) in [4.78, 5) is 4.48. The monoisotopic (exact) mass is 309 g/mol. The molecule has 0 amide bonds. The van der Waals surface area contributed by atoms with Gasteiger partial charge in [0.2, 0.25) is 0 Å². The Balaban J connectivity index is 2.56. The van der Waals surface area contributed by atoms with E-state index in [0.29, 0.717) is 0 Å². The molecule has 4 nitrogen and oxygen atoms in total. The lowest BCUT2D eigenvalue weighted by atomic mass is 10.2. The summed E-state index contributed by atoms with van der Waals surface area (Å²) in [5.74, 6) is 1.75. The van der Waals surface area contributed by atoms with E-state index in [1.807, 2.05) is 29.8 Å². The van der Waals surface area contributed by atoms with Gasteiger partial charge in [0.25, 0.3) is 0 Å². The topological polar surface area (TPSA) is 50.9 Å². The quantitative estimate of drug-likeness (QED) is 0.944. The predicted octanol–water partition coefficient (Wildman–Crippen LogP) is 2.65. The molecule has 0 unspecified atom stereocenters. The van der Waals surface area contributed by atoms with Crippen LogP contribution in [0.4, 0.5) is 0 Å². The molecule has 0 bridgehead atoms. The lowest BCUT2D eigenvalue weighted by Gasteiger charge is -2.09. The third kappa shape index (κ3) is 2.47. The van der Waals surface area contributed by atoms with E-state index in [1.54, 1.807) is 0 Å². The molecule has 0 aliphatic rings. The Kier molecular flexibility index (Phi) is 4.14. The number of rotatable bonds is 4. The Morgan fingerprint density at radius 1 is 1.28 bits per heavy atom. The van der Waals surface area contributed by atoms with Crippen LogP contribution in [0.25, 0.3) is 5.69 Å². The van der Waals surface area contributed by atoms with Gasteiger partial charge in [0, 0.05) is 22.9 Å². The van der Waals surface area contributed by atoms with Crippen LogP contribution in [0.5, 0.6) is 0 Å². The van der Waals surface area contributed by atoms with Crippen LogP contribution in [0, 0.1) is 0 Å². The zero-order valence-electron chi connectivity index (χ0n) is 10.5. The number of aryl methyl sites for hydroxylation is 2. The van der Waals surface area contributed by atoms with Crippen LogP contribution in [0.1, 0.15) is 31.1 Å². The Morgan fingerprint density at radius 2 is 2.06 bits per heavy atom. The van der Waals surface area contributed by atoms with E-state index in [4.69, 9.17) is 0 Å². The summed E-state index contributed by atoms with van der Waals surface area (Å²) in [5, 5.41) is 13.9. The largest absolute Gasteiger partial charge is 0.392 e. The zero-order valence-corrected chi connectivity index (χ0v) is 12.1. The van der Waals surface area contributed by atoms with Crippen molar-refractivity contribution in [1.82, 2.24) is 14.8 Å². The van der Waals surface area contributed by atoms with Gasteiger partial charge < -0.3 is 5.11 Å². The maximum Gasteiger partial charge on any atom is 0.151 e. The molecule has 1 aromatic carbocycles. The lowest BCUT2D eigenvalue weighted by Crippen LogP contribution is -2.05. The Bertz CT molecular complexity index is 551. The summed E-state index contributed by atoms with van der Waals surface area (Å²) >= 11 is 3.41. The molecular weight excluding hydrogens is 294 g/mol. The van der Waals surface area contributed by atoms with Crippen molar-refractivity contribution in [2.75, 3.05) is 0 Å². The number of halogens is 1. The van der Waals surface area contributed by atoms with E-state index in [0.717, 1.165) is 40.2 Å². The van der Waals surface area contributed by atoms with E-state index >= 15 is 0 Å². The first-order valence-corrected chi connectivity index (χ1v) is 6.83. The Labute approximate surface area is 115 Å². The van der Waals surface area contributed by atoms with Gasteiger partial charge in [-0.3, -0.25) is 0 Å². The molecule has 2 rings (SSSR count). The van der Waals surface area contributed by atoms with E-state index in [9.17, 15) is 5.11 Å². The second kappa shape index (κ2) is 5.63. The number of nitrogens with zero attached hydrogens (tertiary/aromatic N) is 3. The SMILES string of the molecule is CCc1nc(CC)n(-c2ccc(Br)cc2CO)n1. The second-order valence-corrected chi connectivity index (χ2v) is 4.91. The molecule has 1 heterocycles. The molecule has 1 N–H and O–H groups in total. The molecule has 0 atom stereocenters. The van der Waals surface area contributed by atoms with Crippen LogP contribution >= 0.6 is 15.9 Å². The fourth-order valence-corrected chi connectivity index (χ4v) is 2.26. The highest BCUT2D eigenvalue weighted by atomic mass is 79.9. The number of aliphatic hydroxyl groups is 1. The molecule has 0 fully saturated rings. The van der Waals surface area contributed by atoms with Gasteiger partial charge in [0.1, 0.15) is 5.82 Å². The Morgan fingerprint density at radius 3 is 2.67 bits per heavy atom. The zero-order chi connectivity index (χ0) is 13.1. The molecule has 96 valence electrons. The molecule has 18 heavy (non-hydrogen) atoms. The van der Waals surface area contributed by atoms with Gasteiger partial charge in [0.05, 0.1) is 12.3 Å². The maximum absolute atomic E-state index is 9.45. The van der Waals surface area contributed by atoms with Crippen molar-refractivity contribution in [2.24, 2.45) is 0 Å². The van der Waals surface area contributed by atoms with Crippen molar-refractivity contribution in [3.05, 3.63) is 39.9 Å². The van der Waals surface area contributed by atoms with Crippen LogP contribution in [-0.4, -0.2) is 19.9 Å². The molecule has 2 aromatic rings. The normalized spacial score (nSPS) is 10.9. The standard InChI is InChI=1S/C13H16BrN3O/c1-3-12-15-13(4-2)17(16-12)11-6-5-10(14)7-9(11)8-18/h5-7,18H,3-4,8H2,1-2H3. The summed E-state index contributed by atoms with van der Waals surface area (Å²) < 4.78 is 2.78. The highest BCUT2D eigenvalue weighted by Crippen LogP contribution is 2.21. The van der Waals surface area contributed by atoms with Crippen molar-refractivity contribution in [2.45, 2.75) is 33.3 Å². The second-order valence-electron chi connectivity index (χ2n) is 3.99. The van der Waals surface area contributed by atoms with E-state index < -0.39 is 0 Å². The molecule has 0 saturated carbocycles. The molecule has 0 spiro atoms. The van der Waals surface area contributed by atoms with Crippen molar-refractivity contribution < 1.29 is 5.11 Å². The van der Waals surface area contributed by atoms with Gasteiger partial charge in [0.15, 0.2) is 5.82 Å². The first kappa shape index (κ1) is 13.2. The van der Waals surface area contributed by atoms with Crippen LogP contribution < -0.4 is 0 Å². The van der Waals surface area contributed by atoms with Crippen LogP contribution in [0.3, 0.4) is 0 Å². The Hall–Kier alpha value is -1.20. The third-order valence-electron chi connectivity index (χ3n) is 2.79. The fourth-order valence-electron chi connectivity index (χ4n) is 1.85. The minimum absolute atomic E-state index is 0.0146. The highest BCUT2D eigenvalue weighted by Gasteiger charge is 2.12. The average Bonchev–Trinajstić information content (AvgIpc) is 2.81. The van der Waals surface area contributed by atoms with E-state index in [2.05, 4.69) is 32.9 Å². The number of hydrogen-bond acceptors (Lipinski definition) is 3. The van der Waals surface area contributed by atoms with Crippen molar-refractivity contribution in [1.29, 1.82) is 0 Å². The van der Waals surface area contributed by atoms with Gasteiger partial charge in [-0.1, -0.05) is 29.8 Å². The van der Waals surface area contributed by atoms with Gasteiger partial charge in [-0.05, 0) is 18.2 Å². The van der Waals surface area contributed by atoms with E-state index in [-0.39, 0.29) is 6.61 Å². The van der Waals surface area contributed by atoms with Crippen molar-refractivity contribution in [3.63, 3.8) is 0 Å². The number of benzene rings is 1. The predicted molar refractivity (Wildman–Crippen MR) is 73.7 cm³/mol. The minimum Gasteiger partial charge on any atom is -0.392 e. The van der Waals surface area contributed by atoms with Crippen LogP contribution in [0.2, 0.25) is 0 Å². The lowest BCUT2D eigenvalue weighted by molar-refractivity contribution is 0.281. The summed E-state index contributed by atoms with van der Waals surface area (Å²) in [6, 6.07) is 5.80. The number of hydrogen-bond donors (Lipinski definition) is 1. The molecular formula is C13H16BrN3O. The van der Waals surface area contributed by atoms with Gasteiger partial charge >= 0.3 is 0 Å². The molecule has 0 aliphatic carbocycles. The summed E-state index contributed by atoms with van der Waals surface area (Å²) in [7, 11) is 0. The minimum atomic E-state index is -0.0146. The van der Waals surface area contributed by atoms with Crippen molar-refractivity contribution in [3.8, 4) is 5.69 Å². The molecule has 0 radical (unpaired) electrons. The average molecular weight is 310 g/mol. The van der Waals surface area contributed by atoms with Crippen LogP contribution in [-0.2, 0) is 19.4 Å². The summed E-state index contributed by atoms with van der Waals surface area (Å²) in [5.41, 5.74) is 1.73.